The Bertz CT molecular complexity index is 388. The van der Waals surface area contributed by atoms with Gasteiger partial charge in [0.15, 0.2) is 0 Å². The molecule has 0 atom stereocenters. The minimum Gasteiger partial charge on any atom is -0.376 e. The molecule has 1 aromatic carbocycles. The number of benzene rings is 1. The fraction of sp³-hybridized carbons (Fsp3) is 0.500. The van der Waals surface area contributed by atoms with Gasteiger partial charge < -0.3 is 10.6 Å². The van der Waals surface area contributed by atoms with E-state index in [4.69, 9.17) is 0 Å². The van der Waals surface area contributed by atoms with Crippen LogP contribution in [-0.4, -0.2) is 18.5 Å². The first-order valence-corrected chi connectivity index (χ1v) is 6.01. The Morgan fingerprint density at radius 2 is 1.71 bits per heavy atom. The Hall–Kier alpha value is -1.51. The van der Waals surface area contributed by atoms with Crippen LogP contribution >= 0.6 is 0 Å². The van der Waals surface area contributed by atoms with Crippen molar-refractivity contribution in [1.29, 1.82) is 0 Å². The second-order valence-corrected chi connectivity index (χ2v) is 4.85. The minimum absolute atomic E-state index is 0.0272. The van der Waals surface area contributed by atoms with Gasteiger partial charge in [-0.2, -0.15) is 0 Å². The van der Waals surface area contributed by atoms with E-state index in [-0.39, 0.29) is 11.9 Å². The van der Waals surface area contributed by atoms with E-state index in [1.54, 1.807) is 0 Å². The van der Waals surface area contributed by atoms with E-state index in [0.717, 1.165) is 5.69 Å². The van der Waals surface area contributed by atoms with Crippen LogP contribution in [0.4, 0.5) is 5.69 Å². The van der Waals surface area contributed by atoms with Crippen molar-refractivity contribution in [2.45, 2.75) is 40.7 Å². The van der Waals surface area contributed by atoms with Gasteiger partial charge in [-0.25, -0.2) is 0 Å². The van der Waals surface area contributed by atoms with E-state index in [0.29, 0.717) is 6.54 Å². The third-order valence-corrected chi connectivity index (χ3v) is 2.55. The summed E-state index contributed by atoms with van der Waals surface area (Å²) in [5.41, 5.74) is 4.67. The summed E-state index contributed by atoms with van der Waals surface area (Å²) in [5, 5.41) is 6.06. The Morgan fingerprint density at radius 3 is 2.18 bits per heavy atom. The molecule has 3 nitrogen and oxygen atoms in total. The van der Waals surface area contributed by atoms with E-state index in [1.165, 1.54) is 16.7 Å². The van der Waals surface area contributed by atoms with E-state index < -0.39 is 0 Å². The van der Waals surface area contributed by atoms with Crippen LogP contribution in [0.25, 0.3) is 0 Å². The normalized spacial score (nSPS) is 10.5. The number of nitrogens with one attached hydrogen (secondary N) is 2. The summed E-state index contributed by atoms with van der Waals surface area (Å²) in [7, 11) is 0. The summed E-state index contributed by atoms with van der Waals surface area (Å²) >= 11 is 0. The number of hydrogen-bond acceptors (Lipinski definition) is 2. The van der Waals surface area contributed by atoms with Gasteiger partial charge in [-0.15, -0.1) is 0 Å². The van der Waals surface area contributed by atoms with Gasteiger partial charge in [-0.05, 0) is 45.7 Å². The Labute approximate surface area is 104 Å². The number of amides is 1. The molecular weight excluding hydrogens is 212 g/mol. The topological polar surface area (TPSA) is 41.1 Å². The first kappa shape index (κ1) is 13.6. The maximum Gasteiger partial charge on any atom is 0.239 e. The third kappa shape index (κ3) is 4.10. The van der Waals surface area contributed by atoms with Gasteiger partial charge in [-0.3, -0.25) is 4.79 Å². The molecule has 0 fully saturated rings. The van der Waals surface area contributed by atoms with Crippen LogP contribution in [0.3, 0.4) is 0 Å². The van der Waals surface area contributed by atoms with E-state index >= 15 is 0 Å². The van der Waals surface area contributed by atoms with Crippen LogP contribution in [0.15, 0.2) is 12.1 Å². The second kappa shape index (κ2) is 5.71. The van der Waals surface area contributed by atoms with Crippen molar-refractivity contribution in [1.82, 2.24) is 5.32 Å². The molecule has 1 rings (SSSR count). The number of aryl methyl sites for hydroxylation is 3. The molecule has 1 aromatic rings. The monoisotopic (exact) mass is 234 g/mol. The van der Waals surface area contributed by atoms with Crippen molar-refractivity contribution in [3.05, 3.63) is 28.8 Å². The third-order valence-electron chi connectivity index (χ3n) is 2.55. The molecule has 0 unspecified atom stereocenters. The Kier molecular flexibility index (Phi) is 4.55. The predicted octanol–water partition coefficient (Wildman–Crippen LogP) is 2.55. The quantitative estimate of drug-likeness (QED) is 0.840. The smallest absolute Gasteiger partial charge is 0.239 e. The van der Waals surface area contributed by atoms with Gasteiger partial charge in [-0.1, -0.05) is 17.7 Å². The van der Waals surface area contributed by atoms with Gasteiger partial charge in [0.25, 0.3) is 0 Å². The zero-order valence-corrected chi connectivity index (χ0v) is 11.3. The molecule has 0 bridgehead atoms. The minimum atomic E-state index is 0.0272. The molecule has 0 spiro atoms. The summed E-state index contributed by atoms with van der Waals surface area (Å²) in [5.74, 6) is 0.0272. The lowest BCUT2D eigenvalue weighted by molar-refractivity contribution is -0.119. The SMILES string of the molecule is Cc1cc(C)c(NCC(=O)NC(C)C)c(C)c1. The average molecular weight is 234 g/mol. The number of carbonyl (C=O) groups excluding carboxylic acids is 1. The number of rotatable bonds is 4. The van der Waals surface area contributed by atoms with E-state index in [1.807, 2.05) is 13.8 Å². The largest absolute Gasteiger partial charge is 0.376 e. The highest BCUT2D eigenvalue weighted by atomic mass is 16.1. The molecule has 0 radical (unpaired) electrons. The molecule has 0 aliphatic carbocycles. The molecule has 2 N–H and O–H groups in total. The summed E-state index contributed by atoms with van der Waals surface area (Å²) in [6.45, 7) is 10.4. The zero-order valence-electron chi connectivity index (χ0n) is 11.3. The highest BCUT2D eigenvalue weighted by Crippen LogP contribution is 2.21. The molecule has 94 valence electrons. The van der Waals surface area contributed by atoms with Crippen molar-refractivity contribution in [3.63, 3.8) is 0 Å². The molecule has 3 heteroatoms. The second-order valence-electron chi connectivity index (χ2n) is 4.85. The maximum absolute atomic E-state index is 11.5. The average Bonchev–Trinajstić information content (AvgIpc) is 2.14. The lowest BCUT2D eigenvalue weighted by Crippen LogP contribution is -2.35. The lowest BCUT2D eigenvalue weighted by Gasteiger charge is -2.14. The zero-order chi connectivity index (χ0) is 13.0. The molecule has 0 aliphatic rings. The molecule has 0 aliphatic heterocycles. The van der Waals surface area contributed by atoms with E-state index in [9.17, 15) is 4.79 Å². The van der Waals surface area contributed by atoms with Crippen LogP contribution in [0.2, 0.25) is 0 Å². The van der Waals surface area contributed by atoms with Crippen molar-refractivity contribution in [3.8, 4) is 0 Å². The molecular formula is C14H22N2O. The van der Waals surface area contributed by atoms with Crippen LogP contribution in [0.1, 0.15) is 30.5 Å². The van der Waals surface area contributed by atoms with Crippen molar-refractivity contribution in [2.75, 3.05) is 11.9 Å². The maximum atomic E-state index is 11.5. The van der Waals surface area contributed by atoms with Crippen LogP contribution in [-0.2, 0) is 4.79 Å². The molecule has 1 amide bonds. The standard InChI is InChI=1S/C14H22N2O/c1-9(2)16-13(17)8-15-14-11(4)6-10(3)7-12(14)5/h6-7,9,15H,8H2,1-5H3,(H,16,17). The van der Waals surface area contributed by atoms with Gasteiger partial charge in [0.05, 0.1) is 6.54 Å². The number of hydrogen-bond donors (Lipinski definition) is 2. The van der Waals surface area contributed by atoms with Gasteiger partial charge in [0.2, 0.25) is 5.91 Å². The highest BCUT2D eigenvalue weighted by Gasteiger charge is 2.06. The number of carbonyl (C=O) groups is 1. The van der Waals surface area contributed by atoms with Gasteiger partial charge in [0.1, 0.15) is 0 Å². The van der Waals surface area contributed by atoms with Crippen molar-refractivity contribution >= 4 is 11.6 Å². The predicted molar refractivity (Wildman–Crippen MR) is 72.4 cm³/mol. The first-order chi connectivity index (χ1) is 7.90. The van der Waals surface area contributed by atoms with Gasteiger partial charge in [0, 0.05) is 11.7 Å². The summed E-state index contributed by atoms with van der Waals surface area (Å²) in [4.78, 5) is 11.5. The van der Waals surface area contributed by atoms with Crippen molar-refractivity contribution < 1.29 is 4.79 Å². The van der Waals surface area contributed by atoms with Crippen LogP contribution in [0, 0.1) is 20.8 Å². The summed E-state index contributed by atoms with van der Waals surface area (Å²) in [6, 6.07) is 4.43. The van der Waals surface area contributed by atoms with Gasteiger partial charge >= 0.3 is 0 Å². The Balaban J connectivity index is 2.67. The molecule has 0 saturated heterocycles. The molecule has 17 heavy (non-hydrogen) atoms. The molecule has 0 heterocycles. The van der Waals surface area contributed by atoms with Crippen molar-refractivity contribution in [2.24, 2.45) is 0 Å². The van der Waals surface area contributed by atoms with Crippen LogP contribution in [0.5, 0.6) is 0 Å². The molecule has 0 saturated carbocycles. The summed E-state index contributed by atoms with van der Waals surface area (Å²) < 4.78 is 0. The molecule has 0 aromatic heterocycles. The highest BCUT2D eigenvalue weighted by molar-refractivity contribution is 5.81. The Morgan fingerprint density at radius 1 is 1.18 bits per heavy atom. The lowest BCUT2D eigenvalue weighted by atomic mass is 10.1. The fourth-order valence-electron chi connectivity index (χ4n) is 2.00. The summed E-state index contributed by atoms with van der Waals surface area (Å²) in [6.07, 6.45) is 0. The van der Waals surface area contributed by atoms with Crippen LogP contribution < -0.4 is 10.6 Å². The number of anilines is 1. The first-order valence-electron chi connectivity index (χ1n) is 6.01. The van der Waals surface area contributed by atoms with E-state index in [2.05, 4.69) is 43.5 Å². The fourth-order valence-corrected chi connectivity index (χ4v) is 2.00.